The second-order valence-electron chi connectivity index (χ2n) is 10.5. The van der Waals surface area contributed by atoms with Gasteiger partial charge in [0.25, 0.3) is 0 Å². The zero-order valence-corrected chi connectivity index (χ0v) is 25.1. The van der Waals surface area contributed by atoms with Crippen LogP contribution in [-0.4, -0.2) is 50.3 Å². The van der Waals surface area contributed by atoms with Crippen molar-refractivity contribution in [2.45, 2.75) is 38.6 Å². The molecule has 0 atom stereocenters. The number of nitrogens with two attached hydrogens (primary N) is 1. The average Bonchev–Trinajstić information content (AvgIpc) is 3.30. The maximum absolute atomic E-state index is 6.45. The standard InChI is InChI=1S/C30H32N7.Y/c1-19-24(15-11-22-12-16-25(34-27(19)22)21-7-5-4-6-8-21)28-26-29(31)32-18-33-30(26)37(35-28)23-13-9-20(10-14-23)17-36(2)3;/h4-8,11,15-16,18,20,23H,9-10,13-14,17H2,1-3H3,(H2,31,32,33);/q-1;. The first-order valence-corrected chi connectivity index (χ1v) is 13.0. The van der Waals surface area contributed by atoms with Crippen molar-refractivity contribution < 1.29 is 32.7 Å². The summed E-state index contributed by atoms with van der Waals surface area (Å²) in [5.74, 6) is 1.20. The summed E-state index contributed by atoms with van der Waals surface area (Å²) in [5, 5.41) is 6.97. The number of rotatable bonds is 5. The largest absolute Gasteiger partial charge is 0.383 e. The molecule has 0 saturated heterocycles. The Morgan fingerprint density at radius 3 is 2.53 bits per heavy atom. The van der Waals surface area contributed by atoms with E-state index in [2.05, 4.69) is 70.9 Å². The van der Waals surface area contributed by atoms with Gasteiger partial charge in [0.15, 0.2) is 5.65 Å². The molecule has 0 bridgehead atoms. The van der Waals surface area contributed by atoms with Crippen LogP contribution in [0.4, 0.5) is 5.82 Å². The SMILES string of the molecule is Cc1c(-c2nn(C3CCC(CN(C)C)CC3)c3ncnc(N)c23)ccc2[c-]cc(-c3ccccc3)nc12.[Y]. The van der Waals surface area contributed by atoms with Crippen LogP contribution in [0.25, 0.3) is 44.5 Å². The zero-order chi connectivity index (χ0) is 25.5. The minimum absolute atomic E-state index is 0. The van der Waals surface area contributed by atoms with Crippen molar-refractivity contribution in [1.29, 1.82) is 0 Å². The summed E-state index contributed by atoms with van der Waals surface area (Å²) in [7, 11) is 4.31. The van der Waals surface area contributed by atoms with Crippen LogP contribution in [0.1, 0.15) is 37.3 Å². The molecule has 191 valence electrons. The van der Waals surface area contributed by atoms with Gasteiger partial charge in [0, 0.05) is 39.3 Å². The van der Waals surface area contributed by atoms with Crippen LogP contribution in [0.2, 0.25) is 0 Å². The van der Waals surface area contributed by atoms with E-state index in [9.17, 15) is 0 Å². The predicted molar refractivity (Wildman–Crippen MR) is 149 cm³/mol. The van der Waals surface area contributed by atoms with Gasteiger partial charge in [-0.1, -0.05) is 42.0 Å². The number of aryl methyl sites for hydroxylation is 1. The van der Waals surface area contributed by atoms with Crippen molar-refractivity contribution in [2.75, 3.05) is 26.4 Å². The summed E-state index contributed by atoms with van der Waals surface area (Å²) >= 11 is 0. The Balaban J connectivity index is 0.00000294. The van der Waals surface area contributed by atoms with E-state index in [0.29, 0.717) is 11.9 Å². The quantitative estimate of drug-likeness (QED) is 0.270. The number of aromatic nitrogens is 5. The molecule has 3 aromatic heterocycles. The van der Waals surface area contributed by atoms with Gasteiger partial charge in [-0.25, -0.2) is 14.6 Å². The van der Waals surface area contributed by atoms with Crippen molar-refractivity contribution >= 4 is 27.8 Å². The molecule has 6 rings (SSSR count). The topological polar surface area (TPSA) is 85.8 Å². The second kappa shape index (κ2) is 11.2. The molecule has 1 fully saturated rings. The molecular weight excluding hydrogens is 547 g/mol. The fraction of sp³-hybridized carbons (Fsp3) is 0.333. The molecule has 1 aliphatic carbocycles. The summed E-state index contributed by atoms with van der Waals surface area (Å²) in [4.78, 5) is 16.3. The van der Waals surface area contributed by atoms with Crippen molar-refractivity contribution in [3.8, 4) is 22.5 Å². The van der Waals surface area contributed by atoms with Crippen LogP contribution < -0.4 is 5.73 Å². The third-order valence-corrected chi connectivity index (χ3v) is 7.66. The van der Waals surface area contributed by atoms with E-state index >= 15 is 0 Å². The molecule has 2 N–H and O–H groups in total. The summed E-state index contributed by atoms with van der Waals surface area (Å²) in [6, 6.07) is 20.1. The van der Waals surface area contributed by atoms with Crippen LogP contribution in [-0.2, 0) is 32.7 Å². The molecule has 0 aliphatic heterocycles. The van der Waals surface area contributed by atoms with Gasteiger partial charge in [0.1, 0.15) is 17.8 Å². The molecule has 2 aromatic carbocycles. The molecule has 8 heteroatoms. The number of hydrogen-bond donors (Lipinski definition) is 1. The first-order valence-electron chi connectivity index (χ1n) is 13.0. The third kappa shape index (κ3) is 4.99. The molecule has 0 spiro atoms. The minimum Gasteiger partial charge on any atom is -0.383 e. The van der Waals surface area contributed by atoms with Crippen LogP contribution in [0.15, 0.2) is 54.9 Å². The fourth-order valence-electron chi connectivity index (χ4n) is 5.80. The van der Waals surface area contributed by atoms with Crippen LogP contribution in [0.5, 0.6) is 0 Å². The monoisotopic (exact) mass is 579 g/mol. The van der Waals surface area contributed by atoms with Gasteiger partial charge in [-0.3, -0.25) is 0 Å². The van der Waals surface area contributed by atoms with E-state index in [1.807, 2.05) is 24.3 Å². The first kappa shape index (κ1) is 26.9. The Morgan fingerprint density at radius 2 is 1.79 bits per heavy atom. The first-order chi connectivity index (χ1) is 18.0. The van der Waals surface area contributed by atoms with Crippen LogP contribution >= 0.6 is 0 Å². The summed E-state index contributed by atoms with van der Waals surface area (Å²) < 4.78 is 2.11. The van der Waals surface area contributed by atoms with Crippen molar-refractivity contribution in [3.63, 3.8) is 0 Å². The van der Waals surface area contributed by atoms with Gasteiger partial charge in [-0.05, 0) is 75.0 Å². The number of hydrogen-bond acceptors (Lipinski definition) is 6. The molecule has 38 heavy (non-hydrogen) atoms. The molecule has 1 aliphatic rings. The van der Waals surface area contributed by atoms with Gasteiger partial charge in [0.05, 0.1) is 11.4 Å². The molecule has 3 heterocycles. The van der Waals surface area contributed by atoms with Gasteiger partial charge in [-0.2, -0.15) is 5.10 Å². The van der Waals surface area contributed by atoms with Gasteiger partial charge in [0.2, 0.25) is 0 Å². The van der Waals surface area contributed by atoms with E-state index in [0.717, 1.165) is 75.3 Å². The van der Waals surface area contributed by atoms with Gasteiger partial charge < -0.3 is 15.6 Å². The molecule has 1 saturated carbocycles. The normalized spacial score (nSPS) is 17.7. The van der Waals surface area contributed by atoms with E-state index in [4.69, 9.17) is 15.8 Å². The van der Waals surface area contributed by atoms with Crippen LogP contribution in [0.3, 0.4) is 0 Å². The van der Waals surface area contributed by atoms with Crippen LogP contribution in [0, 0.1) is 18.9 Å². The molecule has 0 amide bonds. The van der Waals surface area contributed by atoms with Gasteiger partial charge >= 0.3 is 0 Å². The Kier molecular flexibility index (Phi) is 7.89. The van der Waals surface area contributed by atoms with Crippen molar-refractivity contribution in [2.24, 2.45) is 5.92 Å². The van der Waals surface area contributed by atoms with E-state index in [1.54, 1.807) is 6.33 Å². The van der Waals surface area contributed by atoms with E-state index in [1.165, 1.54) is 12.8 Å². The number of pyridine rings is 1. The average molecular weight is 580 g/mol. The number of nitrogens with zero attached hydrogens (tertiary/aromatic N) is 6. The van der Waals surface area contributed by atoms with Crippen molar-refractivity contribution in [3.05, 3.63) is 66.5 Å². The molecule has 0 unspecified atom stereocenters. The maximum atomic E-state index is 6.45. The molecular formula is C30H32N7Y-. The fourth-order valence-corrected chi connectivity index (χ4v) is 5.80. The zero-order valence-electron chi connectivity index (χ0n) is 22.2. The third-order valence-electron chi connectivity index (χ3n) is 7.66. The molecule has 5 aromatic rings. The number of nitrogen functional groups attached to an aromatic ring is 1. The summed E-state index contributed by atoms with van der Waals surface area (Å²) in [6.07, 6.45) is 6.11. The van der Waals surface area contributed by atoms with E-state index < -0.39 is 0 Å². The predicted octanol–water partition coefficient (Wildman–Crippen LogP) is 5.69. The molecule has 1 radical (unpaired) electrons. The Bertz CT molecular complexity index is 1570. The Hall–Kier alpha value is -2.74. The number of fused-ring (bicyclic) bond motifs is 2. The summed E-state index contributed by atoms with van der Waals surface area (Å²) in [5.41, 5.74) is 13.0. The Labute approximate surface area is 248 Å². The second-order valence-corrected chi connectivity index (χ2v) is 10.5. The van der Waals surface area contributed by atoms with Crippen molar-refractivity contribution in [1.82, 2.24) is 29.6 Å². The van der Waals surface area contributed by atoms with E-state index in [-0.39, 0.29) is 32.7 Å². The minimum atomic E-state index is 0. The number of benzene rings is 2. The Morgan fingerprint density at radius 1 is 1.03 bits per heavy atom. The smallest absolute Gasteiger partial charge is 0.164 e. The maximum Gasteiger partial charge on any atom is 0.164 e. The molecule has 7 nitrogen and oxygen atoms in total. The number of anilines is 1. The van der Waals surface area contributed by atoms with Gasteiger partial charge in [-0.15, -0.1) is 23.6 Å². The summed E-state index contributed by atoms with van der Waals surface area (Å²) in [6.45, 7) is 3.24.